The van der Waals surface area contributed by atoms with Crippen molar-refractivity contribution in [3.63, 3.8) is 0 Å². The van der Waals surface area contributed by atoms with Gasteiger partial charge in [0.25, 0.3) is 5.91 Å². The lowest BCUT2D eigenvalue weighted by atomic mass is 10.1. The molecule has 0 aliphatic carbocycles. The molecule has 0 saturated carbocycles. The Kier molecular flexibility index (Phi) is 4.31. The fourth-order valence-electron chi connectivity index (χ4n) is 3.87. The molecule has 4 aromatic heterocycles. The van der Waals surface area contributed by atoms with Gasteiger partial charge in [-0.2, -0.15) is 5.10 Å². The number of anilines is 1. The van der Waals surface area contributed by atoms with E-state index < -0.39 is 0 Å². The zero-order valence-corrected chi connectivity index (χ0v) is 16.2. The Balaban J connectivity index is 1.56. The Morgan fingerprint density at radius 3 is 2.97 bits per heavy atom. The van der Waals surface area contributed by atoms with Crippen molar-refractivity contribution >= 4 is 22.8 Å². The number of rotatable bonds is 3. The summed E-state index contributed by atoms with van der Waals surface area (Å²) >= 11 is 0. The van der Waals surface area contributed by atoms with Crippen molar-refractivity contribution < 1.29 is 4.79 Å². The highest BCUT2D eigenvalue weighted by Crippen LogP contribution is 2.25. The van der Waals surface area contributed by atoms with Crippen molar-refractivity contribution in [2.24, 2.45) is 0 Å². The number of hydrogen-bond acceptors (Lipinski definition) is 5. The second-order valence-electron chi connectivity index (χ2n) is 7.27. The van der Waals surface area contributed by atoms with Crippen molar-refractivity contribution in [3.8, 4) is 5.69 Å². The zero-order valence-electron chi connectivity index (χ0n) is 16.2. The Labute approximate surface area is 167 Å². The van der Waals surface area contributed by atoms with E-state index in [2.05, 4.69) is 20.0 Å². The molecule has 0 spiro atoms. The quantitative estimate of drug-likeness (QED) is 0.582. The summed E-state index contributed by atoms with van der Waals surface area (Å²) in [5.41, 5.74) is 4.13. The fourth-order valence-corrected chi connectivity index (χ4v) is 3.87. The van der Waals surface area contributed by atoms with Crippen LogP contribution in [0.5, 0.6) is 0 Å². The van der Waals surface area contributed by atoms with E-state index in [0.29, 0.717) is 16.8 Å². The van der Waals surface area contributed by atoms with Crippen molar-refractivity contribution in [1.82, 2.24) is 29.3 Å². The molecule has 8 nitrogen and oxygen atoms in total. The lowest BCUT2D eigenvalue weighted by Gasteiger charge is -2.11. The van der Waals surface area contributed by atoms with Gasteiger partial charge < -0.3 is 9.88 Å². The van der Waals surface area contributed by atoms with Gasteiger partial charge >= 0.3 is 0 Å². The Bertz CT molecular complexity index is 1190. The van der Waals surface area contributed by atoms with Gasteiger partial charge in [-0.05, 0) is 38.0 Å². The highest BCUT2D eigenvalue weighted by molar-refractivity contribution is 6.11. The van der Waals surface area contributed by atoms with Crippen LogP contribution in [0.15, 0.2) is 43.0 Å². The number of aryl methyl sites for hydroxylation is 3. The number of fused-ring (bicyclic) bond motifs is 3. The molecular formula is C21H21N7O. The number of carbonyl (C=O) groups is 1. The summed E-state index contributed by atoms with van der Waals surface area (Å²) in [6.07, 6.45) is 11.2. The van der Waals surface area contributed by atoms with E-state index in [1.165, 1.54) is 6.42 Å². The van der Waals surface area contributed by atoms with Crippen LogP contribution in [0, 0.1) is 6.92 Å². The molecule has 0 aromatic carbocycles. The van der Waals surface area contributed by atoms with Crippen LogP contribution in [0.1, 0.15) is 41.1 Å². The summed E-state index contributed by atoms with van der Waals surface area (Å²) in [4.78, 5) is 26.9. The molecule has 4 aromatic rings. The van der Waals surface area contributed by atoms with E-state index in [-0.39, 0.29) is 5.91 Å². The Hall–Kier alpha value is -3.55. The standard InChI is InChI=1S/C21H21N7O/c1-14-12-15(19-20(24-14)27-10-4-2-3-6-18(27)26-19)21(29)25-16-13-22-9-7-17(16)28-11-5-8-23-28/h5,7-9,11-13H,2-4,6,10H2,1H3,(H,25,29). The van der Waals surface area contributed by atoms with Gasteiger partial charge in [0.15, 0.2) is 5.65 Å². The molecule has 146 valence electrons. The second kappa shape index (κ2) is 7.12. The van der Waals surface area contributed by atoms with E-state index in [1.54, 1.807) is 29.3 Å². The molecular weight excluding hydrogens is 366 g/mol. The van der Waals surface area contributed by atoms with Crippen LogP contribution in [0.2, 0.25) is 0 Å². The molecule has 5 heterocycles. The summed E-state index contributed by atoms with van der Waals surface area (Å²) in [5.74, 6) is 0.790. The number of imidazole rings is 1. The van der Waals surface area contributed by atoms with Gasteiger partial charge in [0.2, 0.25) is 0 Å². The topological polar surface area (TPSA) is 90.5 Å². The van der Waals surface area contributed by atoms with Crippen LogP contribution >= 0.6 is 0 Å². The van der Waals surface area contributed by atoms with Gasteiger partial charge in [-0.1, -0.05) is 6.42 Å². The van der Waals surface area contributed by atoms with Crippen LogP contribution in [0.4, 0.5) is 5.69 Å². The molecule has 1 aliphatic rings. The first-order valence-corrected chi connectivity index (χ1v) is 9.83. The van der Waals surface area contributed by atoms with Gasteiger partial charge in [-0.15, -0.1) is 0 Å². The maximum Gasteiger partial charge on any atom is 0.258 e. The molecule has 1 N–H and O–H groups in total. The minimum Gasteiger partial charge on any atom is -0.319 e. The lowest BCUT2D eigenvalue weighted by molar-refractivity contribution is 0.102. The van der Waals surface area contributed by atoms with Gasteiger partial charge in [-0.25, -0.2) is 14.6 Å². The largest absolute Gasteiger partial charge is 0.319 e. The summed E-state index contributed by atoms with van der Waals surface area (Å²) in [6, 6.07) is 5.45. The average Bonchev–Trinajstić information content (AvgIpc) is 3.30. The minimum atomic E-state index is -0.227. The number of pyridine rings is 2. The maximum absolute atomic E-state index is 13.2. The number of carbonyl (C=O) groups excluding carboxylic acids is 1. The van der Waals surface area contributed by atoms with Crippen molar-refractivity contribution in [2.75, 3.05) is 5.32 Å². The summed E-state index contributed by atoms with van der Waals surface area (Å²) in [7, 11) is 0. The fraction of sp³-hybridized carbons (Fsp3) is 0.286. The summed E-state index contributed by atoms with van der Waals surface area (Å²) in [5, 5.41) is 7.24. The number of hydrogen-bond donors (Lipinski definition) is 1. The first kappa shape index (κ1) is 17.5. The van der Waals surface area contributed by atoms with Gasteiger partial charge in [0.1, 0.15) is 11.3 Å². The second-order valence-corrected chi connectivity index (χ2v) is 7.27. The van der Waals surface area contributed by atoms with E-state index in [9.17, 15) is 4.79 Å². The summed E-state index contributed by atoms with van der Waals surface area (Å²) in [6.45, 7) is 2.81. The van der Waals surface area contributed by atoms with Crippen LogP contribution in [-0.2, 0) is 13.0 Å². The third kappa shape index (κ3) is 3.16. The first-order chi connectivity index (χ1) is 14.2. The Morgan fingerprint density at radius 2 is 2.10 bits per heavy atom. The van der Waals surface area contributed by atoms with Crippen molar-refractivity contribution in [1.29, 1.82) is 0 Å². The van der Waals surface area contributed by atoms with E-state index in [0.717, 1.165) is 48.7 Å². The highest BCUT2D eigenvalue weighted by atomic mass is 16.1. The molecule has 0 atom stereocenters. The molecule has 29 heavy (non-hydrogen) atoms. The van der Waals surface area contributed by atoms with E-state index in [4.69, 9.17) is 9.97 Å². The molecule has 0 unspecified atom stereocenters. The molecule has 5 rings (SSSR count). The van der Waals surface area contributed by atoms with E-state index >= 15 is 0 Å². The normalized spacial score (nSPS) is 13.8. The molecule has 1 aliphatic heterocycles. The molecule has 0 radical (unpaired) electrons. The van der Waals surface area contributed by atoms with E-state index in [1.807, 2.05) is 25.3 Å². The number of amides is 1. The highest BCUT2D eigenvalue weighted by Gasteiger charge is 2.21. The number of aromatic nitrogens is 6. The maximum atomic E-state index is 13.2. The third-order valence-corrected chi connectivity index (χ3v) is 5.23. The van der Waals surface area contributed by atoms with Gasteiger partial charge in [0.05, 0.1) is 23.1 Å². The van der Waals surface area contributed by atoms with Crippen LogP contribution in [-0.4, -0.2) is 35.2 Å². The van der Waals surface area contributed by atoms with Gasteiger partial charge in [0, 0.05) is 37.3 Å². The third-order valence-electron chi connectivity index (χ3n) is 5.23. The first-order valence-electron chi connectivity index (χ1n) is 9.83. The predicted octanol–water partition coefficient (Wildman–Crippen LogP) is 3.30. The van der Waals surface area contributed by atoms with Crippen LogP contribution in [0.3, 0.4) is 0 Å². The molecule has 0 bridgehead atoms. The Morgan fingerprint density at radius 1 is 1.17 bits per heavy atom. The SMILES string of the molecule is Cc1cc(C(=O)Nc2cnccc2-n2cccn2)c2nc3n(c2n1)CCCCC3. The van der Waals surface area contributed by atoms with Crippen LogP contribution < -0.4 is 5.32 Å². The van der Waals surface area contributed by atoms with Crippen molar-refractivity contribution in [3.05, 3.63) is 60.1 Å². The number of nitrogens with one attached hydrogen (secondary N) is 1. The zero-order chi connectivity index (χ0) is 19.8. The summed E-state index contributed by atoms with van der Waals surface area (Å²) < 4.78 is 3.87. The average molecular weight is 387 g/mol. The monoisotopic (exact) mass is 387 g/mol. The molecule has 0 fully saturated rings. The lowest BCUT2D eigenvalue weighted by Crippen LogP contribution is -2.15. The molecule has 8 heteroatoms. The van der Waals surface area contributed by atoms with Crippen LogP contribution in [0.25, 0.3) is 16.9 Å². The number of nitrogens with zero attached hydrogens (tertiary/aromatic N) is 6. The minimum absolute atomic E-state index is 0.227. The molecule has 0 saturated heterocycles. The predicted molar refractivity (Wildman–Crippen MR) is 109 cm³/mol. The van der Waals surface area contributed by atoms with Crippen molar-refractivity contribution in [2.45, 2.75) is 39.2 Å². The smallest absolute Gasteiger partial charge is 0.258 e. The van der Waals surface area contributed by atoms with Gasteiger partial charge in [-0.3, -0.25) is 9.78 Å². The molecule has 1 amide bonds.